The van der Waals surface area contributed by atoms with Gasteiger partial charge >= 0.3 is 17.6 Å². The zero-order valence-corrected chi connectivity index (χ0v) is 23.9. The molecule has 4 aromatic rings. The minimum atomic E-state index is -0.980. The molecule has 3 aromatic carbocycles. The molecule has 0 atom stereocenters. The van der Waals surface area contributed by atoms with Crippen LogP contribution in [0.1, 0.15) is 31.1 Å². The number of nitrogen functional groups attached to an aromatic ring is 2. The predicted octanol–water partition coefficient (Wildman–Crippen LogP) is 2.47. The lowest BCUT2D eigenvalue weighted by Crippen LogP contribution is -2.26. The van der Waals surface area contributed by atoms with Crippen LogP contribution in [0.15, 0.2) is 59.4 Å². The van der Waals surface area contributed by atoms with E-state index >= 15 is 0 Å². The van der Waals surface area contributed by atoms with Gasteiger partial charge in [-0.2, -0.15) is 0 Å². The van der Waals surface area contributed by atoms with E-state index in [1.165, 1.54) is 50.1 Å². The molecule has 0 bridgehead atoms. The largest absolute Gasteiger partial charge is 0.478 e. The van der Waals surface area contributed by atoms with Crippen LogP contribution in [0.25, 0.3) is 11.0 Å². The Kier molecular flexibility index (Phi) is 11.3. The summed E-state index contributed by atoms with van der Waals surface area (Å²) >= 11 is 0. The molecular weight excluding hydrogens is 566 g/mol. The number of para-hydroxylation sites is 3. The number of nitro groups is 1. The van der Waals surface area contributed by atoms with Crippen molar-refractivity contribution in [3.05, 3.63) is 91.9 Å². The summed E-state index contributed by atoms with van der Waals surface area (Å²) < 4.78 is 5.82. The van der Waals surface area contributed by atoms with Crippen molar-refractivity contribution in [3.8, 4) is 0 Å². The molecule has 228 valence electrons. The number of amides is 1. The summed E-state index contributed by atoms with van der Waals surface area (Å²) in [5, 5.41) is 23.0. The summed E-state index contributed by atoms with van der Waals surface area (Å²) in [6.45, 7) is 0. The molecule has 0 saturated carbocycles. The van der Waals surface area contributed by atoms with E-state index in [1.54, 1.807) is 44.4 Å². The quantitative estimate of drug-likeness (QED) is 0.0932. The molecule has 43 heavy (non-hydrogen) atoms. The number of anilines is 3. The molecule has 0 spiro atoms. The lowest BCUT2D eigenvalue weighted by molar-refractivity contribution is -0.383. The van der Waals surface area contributed by atoms with E-state index in [4.69, 9.17) is 21.4 Å². The maximum absolute atomic E-state index is 12.0. The van der Waals surface area contributed by atoms with Crippen LogP contribution in [0.2, 0.25) is 0 Å². The monoisotopic (exact) mass is 597 g/mol. The molecule has 4 rings (SSSR count). The number of H-pyrrole nitrogens is 1. The number of imidazole rings is 1. The van der Waals surface area contributed by atoms with Gasteiger partial charge in [-0.05, 0) is 30.3 Å². The number of hydrogen-bond donors (Lipinski definition) is 5. The van der Waals surface area contributed by atoms with Crippen LogP contribution in [0, 0.1) is 10.1 Å². The minimum Gasteiger partial charge on any atom is -0.478 e. The van der Waals surface area contributed by atoms with Crippen molar-refractivity contribution in [2.75, 3.05) is 45.1 Å². The number of carboxylic acid groups (broad SMARTS) is 1. The Bertz CT molecular complexity index is 1710. The number of aryl methyl sites for hydroxylation is 1. The van der Waals surface area contributed by atoms with Crippen molar-refractivity contribution in [3.63, 3.8) is 0 Å². The van der Waals surface area contributed by atoms with Crippen LogP contribution in [0.5, 0.6) is 0 Å². The number of esters is 1. The number of hydroxylamine groups is 2. The Morgan fingerprint density at radius 1 is 1.02 bits per heavy atom. The van der Waals surface area contributed by atoms with E-state index in [9.17, 15) is 29.3 Å². The zero-order chi connectivity index (χ0) is 32.4. The number of aromatic amines is 1. The molecule has 0 aliphatic rings. The van der Waals surface area contributed by atoms with Gasteiger partial charge in [0.2, 0.25) is 0 Å². The second kappa shape index (κ2) is 14.6. The highest BCUT2D eigenvalue weighted by Crippen LogP contribution is 2.25. The summed E-state index contributed by atoms with van der Waals surface area (Å²) in [7, 11) is 7.36. The molecule has 1 aromatic heterocycles. The first-order valence-corrected chi connectivity index (χ1v) is 12.2. The summed E-state index contributed by atoms with van der Waals surface area (Å²) in [6.07, 6.45) is 0. The number of nitrogens with two attached hydrogens (primary N) is 2. The van der Waals surface area contributed by atoms with E-state index in [0.717, 1.165) is 5.06 Å². The van der Waals surface area contributed by atoms with E-state index in [2.05, 4.69) is 15.0 Å². The van der Waals surface area contributed by atoms with Crippen LogP contribution < -0.4 is 22.5 Å². The van der Waals surface area contributed by atoms with Crippen molar-refractivity contribution in [2.45, 2.75) is 0 Å². The Morgan fingerprint density at radius 3 is 2.14 bits per heavy atom. The maximum Gasteiger partial charge on any atom is 0.340 e. The number of benzene rings is 3. The first-order valence-electron chi connectivity index (χ1n) is 12.2. The van der Waals surface area contributed by atoms with Gasteiger partial charge in [0.15, 0.2) is 0 Å². The molecule has 16 nitrogen and oxygen atoms in total. The normalized spacial score (nSPS) is 9.98. The predicted molar refractivity (Wildman–Crippen MR) is 159 cm³/mol. The van der Waals surface area contributed by atoms with Crippen molar-refractivity contribution in [1.29, 1.82) is 0 Å². The fourth-order valence-electron chi connectivity index (χ4n) is 3.76. The number of carbonyl (C=O) groups is 3. The van der Waals surface area contributed by atoms with E-state index < -0.39 is 16.9 Å². The third-order valence-electron chi connectivity index (χ3n) is 5.97. The minimum absolute atomic E-state index is 0.00157. The Balaban J connectivity index is 0.000000229. The van der Waals surface area contributed by atoms with Gasteiger partial charge < -0.3 is 31.6 Å². The fraction of sp³-hybridized carbons (Fsp3) is 0.185. The van der Waals surface area contributed by atoms with Gasteiger partial charge in [-0.1, -0.05) is 18.2 Å². The van der Waals surface area contributed by atoms with Crippen molar-refractivity contribution >= 4 is 51.6 Å². The molecule has 0 saturated heterocycles. The number of fused-ring (bicyclic) bond motifs is 1. The number of nitro benzene ring substituents is 1. The zero-order valence-electron chi connectivity index (χ0n) is 23.9. The Labute approximate surface area is 244 Å². The van der Waals surface area contributed by atoms with Gasteiger partial charge in [0.1, 0.15) is 5.69 Å². The number of aromatic carboxylic acids is 1. The summed E-state index contributed by atoms with van der Waals surface area (Å²) in [4.78, 5) is 62.6. The maximum atomic E-state index is 12.0. The molecule has 1 amide bonds. The number of aromatic nitrogens is 2. The molecule has 0 aliphatic heterocycles. The molecule has 0 unspecified atom stereocenters. The SMILES string of the molecule is CNc1c(N)cccc1C(=O)O.COC(=O)c1cccc([N+](=O)[O-])c1N.CON(C)C(=O)c1cccc2[nH]c(=O)n(C)c12. The van der Waals surface area contributed by atoms with Gasteiger partial charge in [0.05, 0.1) is 58.2 Å². The number of nitrogens with zero attached hydrogens (tertiary/aromatic N) is 3. The highest BCUT2D eigenvalue weighted by Gasteiger charge is 2.19. The van der Waals surface area contributed by atoms with Gasteiger partial charge in [0.25, 0.3) is 11.6 Å². The highest BCUT2D eigenvalue weighted by molar-refractivity contribution is 6.04. The number of ether oxygens (including phenoxy) is 1. The third kappa shape index (κ3) is 7.65. The molecular formula is C27H31N7O9. The van der Waals surface area contributed by atoms with E-state index in [-0.39, 0.29) is 34.1 Å². The van der Waals surface area contributed by atoms with Crippen LogP contribution in [0.4, 0.5) is 22.7 Å². The van der Waals surface area contributed by atoms with E-state index in [0.29, 0.717) is 28.0 Å². The number of carboxylic acids is 1. The van der Waals surface area contributed by atoms with Crippen LogP contribution in [0.3, 0.4) is 0 Å². The van der Waals surface area contributed by atoms with Gasteiger partial charge in [-0.25, -0.2) is 19.4 Å². The van der Waals surface area contributed by atoms with Gasteiger partial charge in [-0.3, -0.25) is 24.3 Å². The first kappa shape index (κ1) is 33.3. The van der Waals surface area contributed by atoms with Gasteiger partial charge in [0, 0.05) is 27.2 Å². The number of hydrogen-bond acceptors (Lipinski definition) is 11. The van der Waals surface area contributed by atoms with Crippen LogP contribution in [-0.4, -0.2) is 70.8 Å². The van der Waals surface area contributed by atoms with E-state index in [1.807, 2.05) is 0 Å². The number of methoxy groups -OCH3 is 1. The molecule has 7 N–H and O–H groups in total. The average molecular weight is 598 g/mol. The number of carbonyl (C=O) groups excluding carboxylic acids is 2. The molecule has 0 fully saturated rings. The summed E-state index contributed by atoms with van der Waals surface area (Å²) in [5.41, 5.74) is 13.0. The smallest absolute Gasteiger partial charge is 0.340 e. The van der Waals surface area contributed by atoms with Crippen molar-refractivity contribution in [1.82, 2.24) is 14.6 Å². The molecule has 0 radical (unpaired) electrons. The summed E-state index contributed by atoms with van der Waals surface area (Å²) in [5.74, 6) is -1.97. The fourth-order valence-corrected chi connectivity index (χ4v) is 3.76. The standard InChI is InChI=1S/C11H13N3O3.C8H8N2O4.C8H10N2O2/c1-13-9-7(10(15)14(2)17-3)5-4-6-8(9)12-11(13)16;1-14-8(11)5-3-2-4-6(7(5)9)10(12)13;1-10-7-5(8(11)12)3-2-4-6(7)9/h4-6H,1-3H3,(H,12,16);2-4H,9H2,1H3;2-4,10H,9H2,1H3,(H,11,12). The second-order valence-electron chi connectivity index (χ2n) is 8.49. The number of rotatable bonds is 6. The molecule has 16 heteroatoms. The lowest BCUT2D eigenvalue weighted by Gasteiger charge is -2.14. The molecule has 1 heterocycles. The average Bonchev–Trinajstić information content (AvgIpc) is 3.29. The van der Waals surface area contributed by atoms with Crippen molar-refractivity contribution < 1.29 is 34.0 Å². The summed E-state index contributed by atoms with van der Waals surface area (Å²) in [6, 6.07) is 13.9. The third-order valence-corrected chi connectivity index (χ3v) is 5.97. The Morgan fingerprint density at radius 2 is 1.60 bits per heavy atom. The Hall–Kier alpha value is -5.90. The first-order chi connectivity index (χ1) is 20.3. The molecule has 0 aliphatic carbocycles. The van der Waals surface area contributed by atoms with Gasteiger partial charge in [-0.15, -0.1) is 0 Å². The highest BCUT2D eigenvalue weighted by atomic mass is 16.7. The topological polar surface area (TPSA) is 238 Å². The lowest BCUT2D eigenvalue weighted by atomic mass is 10.1. The van der Waals surface area contributed by atoms with Crippen molar-refractivity contribution in [2.24, 2.45) is 7.05 Å². The second-order valence-corrected chi connectivity index (χ2v) is 8.49. The van der Waals surface area contributed by atoms with Crippen LogP contribution >= 0.6 is 0 Å². The number of nitrogens with one attached hydrogen (secondary N) is 2. The van der Waals surface area contributed by atoms with Crippen LogP contribution in [-0.2, 0) is 16.6 Å².